The molecule has 0 aliphatic heterocycles. The molecule has 18 heavy (non-hydrogen) atoms. The molecule has 0 heterocycles. The van der Waals surface area contributed by atoms with E-state index < -0.39 is 8.32 Å². The van der Waals surface area contributed by atoms with Gasteiger partial charge < -0.3 is 9.16 Å². The number of hydrogen-bond donors (Lipinski definition) is 0. The Hall–Kier alpha value is -1.06. The zero-order valence-corrected chi connectivity index (χ0v) is 12.7. The first-order chi connectivity index (χ1) is 8.57. The van der Waals surface area contributed by atoms with Crippen LogP contribution in [0.2, 0.25) is 19.1 Å². The third kappa shape index (κ3) is 5.51. The molecule has 1 aromatic rings. The van der Waals surface area contributed by atoms with Crippen molar-refractivity contribution in [3.8, 4) is 5.75 Å². The van der Waals surface area contributed by atoms with E-state index in [0.717, 1.165) is 37.0 Å². The summed E-state index contributed by atoms with van der Waals surface area (Å²) in [5, 5.41) is 0. The lowest BCUT2D eigenvalue weighted by Gasteiger charge is -2.21. The number of hydrogen-bond acceptors (Lipinski definition) is 2. The van der Waals surface area contributed by atoms with Gasteiger partial charge in [-0.2, -0.15) is 0 Å². The summed E-state index contributed by atoms with van der Waals surface area (Å²) in [6, 6.07) is 9.15. The molecule has 0 saturated heterocycles. The first-order valence-corrected chi connectivity index (χ1v) is 9.68. The monoisotopic (exact) mass is 264 g/mol. The van der Waals surface area contributed by atoms with Crippen molar-refractivity contribution in [3.05, 3.63) is 36.4 Å². The van der Waals surface area contributed by atoms with Gasteiger partial charge in [-0.1, -0.05) is 24.8 Å². The van der Waals surface area contributed by atoms with Crippen molar-refractivity contribution in [2.45, 2.75) is 32.5 Å². The normalized spacial score (nSPS) is 11.3. The van der Waals surface area contributed by atoms with Crippen LogP contribution < -0.4 is 4.74 Å². The summed E-state index contributed by atoms with van der Waals surface area (Å²) in [6.45, 7) is 11.9. The van der Waals surface area contributed by atoms with Crippen molar-refractivity contribution in [1.82, 2.24) is 0 Å². The summed E-state index contributed by atoms with van der Waals surface area (Å²) in [7, 11) is -1.46. The average Bonchev–Trinajstić information content (AvgIpc) is 2.35. The molecule has 0 bridgehead atoms. The molecular formula is C15H24O2Si. The number of ether oxygens (including phenoxy) is 1. The Balaban J connectivity index is 2.31. The van der Waals surface area contributed by atoms with Gasteiger partial charge in [0.05, 0.1) is 6.61 Å². The Bertz CT molecular complexity index is 375. The predicted octanol–water partition coefficient (Wildman–Crippen LogP) is 4.34. The van der Waals surface area contributed by atoms with Gasteiger partial charge in [0.1, 0.15) is 5.75 Å². The molecule has 0 saturated carbocycles. The Kier molecular flexibility index (Phi) is 6.16. The van der Waals surface area contributed by atoms with Crippen molar-refractivity contribution in [2.75, 3.05) is 13.2 Å². The Labute approximate surface area is 112 Å². The zero-order chi connectivity index (χ0) is 13.4. The summed E-state index contributed by atoms with van der Waals surface area (Å²) in [5.74, 6) is 0.920. The van der Waals surface area contributed by atoms with E-state index in [2.05, 4.69) is 26.6 Å². The van der Waals surface area contributed by atoms with Crippen molar-refractivity contribution >= 4 is 14.4 Å². The molecule has 0 atom stereocenters. The van der Waals surface area contributed by atoms with Crippen LogP contribution in [0.25, 0.3) is 6.08 Å². The second-order valence-electron chi connectivity index (χ2n) is 4.92. The minimum Gasteiger partial charge on any atom is -0.494 e. The van der Waals surface area contributed by atoms with Crippen molar-refractivity contribution in [3.63, 3.8) is 0 Å². The molecule has 100 valence electrons. The molecule has 0 radical (unpaired) electrons. The summed E-state index contributed by atoms with van der Waals surface area (Å²) < 4.78 is 11.5. The molecule has 0 aromatic heterocycles. The second kappa shape index (κ2) is 7.39. The SMILES string of the molecule is C=Cc1cccc(OCCC[Si](C)(C)OCC)c1. The summed E-state index contributed by atoms with van der Waals surface area (Å²) in [5.41, 5.74) is 1.09. The van der Waals surface area contributed by atoms with Crippen LogP contribution in [0.1, 0.15) is 18.9 Å². The van der Waals surface area contributed by atoms with Crippen LogP contribution in [0.4, 0.5) is 0 Å². The first-order valence-electron chi connectivity index (χ1n) is 6.56. The van der Waals surface area contributed by atoms with E-state index in [1.807, 2.05) is 30.3 Å². The summed E-state index contributed by atoms with van der Waals surface area (Å²) in [4.78, 5) is 0. The van der Waals surface area contributed by atoms with Crippen molar-refractivity contribution < 1.29 is 9.16 Å². The maximum absolute atomic E-state index is 5.79. The van der Waals surface area contributed by atoms with Gasteiger partial charge in [-0.05, 0) is 50.2 Å². The molecule has 0 aliphatic rings. The summed E-state index contributed by atoms with van der Waals surface area (Å²) in [6.07, 6.45) is 2.88. The van der Waals surface area contributed by atoms with Crippen LogP contribution in [0.15, 0.2) is 30.8 Å². The zero-order valence-electron chi connectivity index (χ0n) is 11.7. The fourth-order valence-corrected chi connectivity index (χ4v) is 3.80. The van der Waals surface area contributed by atoms with Crippen molar-refractivity contribution in [1.29, 1.82) is 0 Å². The van der Waals surface area contributed by atoms with Crippen LogP contribution in [0.3, 0.4) is 0 Å². The molecule has 1 aromatic carbocycles. The maximum Gasteiger partial charge on any atom is 0.186 e. The molecule has 0 spiro atoms. The highest BCUT2D eigenvalue weighted by Gasteiger charge is 2.20. The molecule has 0 unspecified atom stereocenters. The summed E-state index contributed by atoms with van der Waals surface area (Å²) >= 11 is 0. The van der Waals surface area contributed by atoms with Gasteiger partial charge in [-0.3, -0.25) is 0 Å². The van der Waals surface area contributed by atoms with Gasteiger partial charge in [-0.25, -0.2) is 0 Å². The molecule has 3 heteroatoms. The van der Waals surface area contributed by atoms with Crippen LogP contribution in [-0.4, -0.2) is 21.5 Å². The van der Waals surface area contributed by atoms with E-state index in [4.69, 9.17) is 9.16 Å². The van der Waals surface area contributed by atoms with E-state index in [9.17, 15) is 0 Å². The molecule has 0 fully saturated rings. The van der Waals surface area contributed by atoms with E-state index in [-0.39, 0.29) is 0 Å². The number of benzene rings is 1. The number of rotatable bonds is 8. The molecule has 0 N–H and O–H groups in total. The topological polar surface area (TPSA) is 18.5 Å². The largest absolute Gasteiger partial charge is 0.494 e. The lowest BCUT2D eigenvalue weighted by molar-refractivity contribution is 0.301. The minimum absolute atomic E-state index is 0.754. The highest BCUT2D eigenvalue weighted by atomic mass is 28.4. The lowest BCUT2D eigenvalue weighted by atomic mass is 10.2. The Morgan fingerprint density at radius 3 is 2.78 bits per heavy atom. The van der Waals surface area contributed by atoms with Gasteiger partial charge in [0.15, 0.2) is 8.32 Å². The minimum atomic E-state index is -1.46. The van der Waals surface area contributed by atoms with Crippen LogP contribution in [0.5, 0.6) is 5.75 Å². The fraction of sp³-hybridized carbons (Fsp3) is 0.467. The first kappa shape index (κ1) is 15.0. The standard InChI is InChI=1S/C15H24O2Si/c1-5-14-9-7-10-15(13-14)16-11-8-12-18(3,4)17-6-2/h5,7,9-10,13H,1,6,8,11-12H2,2-4H3. The van der Waals surface area contributed by atoms with Crippen LogP contribution in [-0.2, 0) is 4.43 Å². The van der Waals surface area contributed by atoms with Crippen molar-refractivity contribution in [2.24, 2.45) is 0 Å². The van der Waals surface area contributed by atoms with Gasteiger partial charge >= 0.3 is 0 Å². The van der Waals surface area contributed by atoms with E-state index >= 15 is 0 Å². The van der Waals surface area contributed by atoms with E-state index in [0.29, 0.717) is 0 Å². The Morgan fingerprint density at radius 1 is 1.33 bits per heavy atom. The van der Waals surface area contributed by atoms with Gasteiger partial charge in [0.25, 0.3) is 0 Å². The third-order valence-electron chi connectivity index (χ3n) is 2.82. The smallest absolute Gasteiger partial charge is 0.186 e. The quantitative estimate of drug-likeness (QED) is 0.513. The fourth-order valence-electron chi connectivity index (χ4n) is 1.88. The van der Waals surface area contributed by atoms with Gasteiger partial charge in [0, 0.05) is 6.61 Å². The molecule has 0 amide bonds. The average molecular weight is 264 g/mol. The second-order valence-corrected chi connectivity index (χ2v) is 9.23. The molecular weight excluding hydrogens is 240 g/mol. The van der Waals surface area contributed by atoms with E-state index in [1.54, 1.807) is 0 Å². The predicted molar refractivity (Wildman–Crippen MR) is 80.6 cm³/mol. The molecule has 2 nitrogen and oxygen atoms in total. The highest BCUT2D eigenvalue weighted by Crippen LogP contribution is 2.17. The van der Waals surface area contributed by atoms with Gasteiger partial charge in [-0.15, -0.1) is 0 Å². The molecule has 1 rings (SSSR count). The Morgan fingerprint density at radius 2 is 2.11 bits per heavy atom. The van der Waals surface area contributed by atoms with Crippen LogP contribution in [0, 0.1) is 0 Å². The van der Waals surface area contributed by atoms with Gasteiger partial charge in [0.2, 0.25) is 0 Å². The lowest BCUT2D eigenvalue weighted by Crippen LogP contribution is -2.30. The highest BCUT2D eigenvalue weighted by molar-refractivity contribution is 6.71. The maximum atomic E-state index is 5.79. The van der Waals surface area contributed by atoms with Crippen LogP contribution >= 0.6 is 0 Å². The third-order valence-corrected chi connectivity index (χ3v) is 5.45. The molecule has 0 aliphatic carbocycles. The van der Waals surface area contributed by atoms with E-state index in [1.165, 1.54) is 0 Å².